The molecule has 1 saturated heterocycles. The number of nitrogens with zero attached hydrogens (tertiary/aromatic N) is 2. The van der Waals surface area contributed by atoms with Crippen LogP contribution in [-0.2, 0) is 6.54 Å². The third-order valence-corrected chi connectivity index (χ3v) is 2.52. The molecule has 0 aromatic carbocycles. The smallest absolute Gasteiger partial charge is 0.211 e. The SMILES string of the molecule is CCn1nccc1OC1CCCNC1. The first-order valence-corrected chi connectivity index (χ1v) is 5.29. The van der Waals surface area contributed by atoms with E-state index in [1.807, 2.05) is 10.7 Å². The molecule has 4 nitrogen and oxygen atoms in total. The first-order chi connectivity index (χ1) is 6.90. The Balaban J connectivity index is 1.95. The van der Waals surface area contributed by atoms with Crippen LogP contribution in [0.1, 0.15) is 19.8 Å². The van der Waals surface area contributed by atoms with Crippen molar-refractivity contribution in [3.8, 4) is 5.88 Å². The zero-order valence-electron chi connectivity index (χ0n) is 8.57. The number of piperidine rings is 1. The molecule has 1 fully saturated rings. The van der Waals surface area contributed by atoms with Crippen molar-refractivity contribution >= 4 is 0 Å². The Morgan fingerprint density at radius 2 is 2.64 bits per heavy atom. The van der Waals surface area contributed by atoms with Crippen molar-refractivity contribution in [3.63, 3.8) is 0 Å². The number of hydrogen-bond donors (Lipinski definition) is 1. The molecule has 4 heteroatoms. The molecule has 2 rings (SSSR count). The summed E-state index contributed by atoms with van der Waals surface area (Å²) in [5.74, 6) is 0.890. The van der Waals surface area contributed by atoms with Gasteiger partial charge in [-0.05, 0) is 26.3 Å². The van der Waals surface area contributed by atoms with Crippen LogP contribution in [0.4, 0.5) is 0 Å². The van der Waals surface area contributed by atoms with Crippen molar-refractivity contribution in [2.24, 2.45) is 0 Å². The largest absolute Gasteiger partial charge is 0.473 e. The lowest BCUT2D eigenvalue weighted by molar-refractivity contribution is 0.152. The first-order valence-electron chi connectivity index (χ1n) is 5.29. The third-order valence-electron chi connectivity index (χ3n) is 2.52. The maximum Gasteiger partial charge on any atom is 0.211 e. The van der Waals surface area contributed by atoms with E-state index in [1.165, 1.54) is 6.42 Å². The fourth-order valence-electron chi connectivity index (χ4n) is 1.75. The second-order valence-electron chi connectivity index (χ2n) is 3.57. The van der Waals surface area contributed by atoms with Gasteiger partial charge < -0.3 is 10.1 Å². The number of aryl methyl sites for hydroxylation is 1. The van der Waals surface area contributed by atoms with E-state index < -0.39 is 0 Å². The number of ether oxygens (including phenoxy) is 1. The molecule has 1 N–H and O–H groups in total. The van der Waals surface area contributed by atoms with Gasteiger partial charge in [0.1, 0.15) is 6.10 Å². The molecule has 2 heterocycles. The summed E-state index contributed by atoms with van der Waals surface area (Å²) in [6.45, 7) is 5.00. The van der Waals surface area contributed by atoms with Crippen LogP contribution in [0.25, 0.3) is 0 Å². The Hall–Kier alpha value is -1.03. The molecule has 1 aromatic heterocycles. The van der Waals surface area contributed by atoms with Gasteiger partial charge in [-0.3, -0.25) is 0 Å². The highest BCUT2D eigenvalue weighted by Gasteiger charge is 2.15. The number of rotatable bonds is 3. The predicted molar refractivity (Wildman–Crippen MR) is 54.4 cm³/mol. The minimum absolute atomic E-state index is 0.311. The Morgan fingerprint density at radius 3 is 3.36 bits per heavy atom. The van der Waals surface area contributed by atoms with E-state index >= 15 is 0 Å². The lowest BCUT2D eigenvalue weighted by Gasteiger charge is -2.23. The fourth-order valence-corrected chi connectivity index (χ4v) is 1.75. The van der Waals surface area contributed by atoms with Crippen LogP contribution in [0, 0.1) is 0 Å². The molecule has 0 spiro atoms. The van der Waals surface area contributed by atoms with Gasteiger partial charge in [0.05, 0.1) is 6.20 Å². The molecular formula is C10H17N3O. The lowest BCUT2D eigenvalue weighted by atomic mass is 10.1. The third kappa shape index (κ3) is 2.07. The molecule has 1 aliphatic rings. The first kappa shape index (κ1) is 9.52. The minimum atomic E-state index is 0.311. The van der Waals surface area contributed by atoms with Crippen LogP contribution in [0.15, 0.2) is 12.3 Å². The van der Waals surface area contributed by atoms with Crippen molar-refractivity contribution in [1.29, 1.82) is 0 Å². The summed E-state index contributed by atoms with van der Waals surface area (Å²) in [6.07, 6.45) is 4.44. The normalized spacial score (nSPS) is 22.2. The summed E-state index contributed by atoms with van der Waals surface area (Å²) in [5.41, 5.74) is 0. The summed E-state index contributed by atoms with van der Waals surface area (Å²) in [7, 11) is 0. The van der Waals surface area contributed by atoms with E-state index in [0.29, 0.717) is 6.10 Å². The van der Waals surface area contributed by atoms with Crippen molar-refractivity contribution in [1.82, 2.24) is 15.1 Å². The van der Waals surface area contributed by atoms with E-state index in [0.717, 1.165) is 31.9 Å². The summed E-state index contributed by atoms with van der Waals surface area (Å²) < 4.78 is 7.74. The van der Waals surface area contributed by atoms with E-state index in [9.17, 15) is 0 Å². The molecular weight excluding hydrogens is 178 g/mol. The minimum Gasteiger partial charge on any atom is -0.473 e. The van der Waals surface area contributed by atoms with Gasteiger partial charge in [0.15, 0.2) is 0 Å². The van der Waals surface area contributed by atoms with Gasteiger partial charge in [-0.15, -0.1) is 0 Å². The van der Waals surface area contributed by atoms with Crippen LogP contribution in [0.5, 0.6) is 5.88 Å². The molecule has 78 valence electrons. The molecule has 0 bridgehead atoms. The Kier molecular flexibility index (Phi) is 3.03. The van der Waals surface area contributed by atoms with E-state index in [4.69, 9.17) is 4.74 Å². The van der Waals surface area contributed by atoms with Gasteiger partial charge in [0.25, 0.3) is 0 Å². The number of nitrogens with one attached hydrogen (secondary N) is 1. The second-order valence-corrected chi connectivity index (χ2v) is 3.57. The summed E-state index contributed by atoms with van der Waals surface area (Å²) in [6, 6.07) is 1.93. The quantitative estimate of drug-likeness (QED) is 0.783. The molecule has 1 unspecified atom stereocenters. The highest BCUT2D eigenvalue weighted by atomic mass is 16.5. The Labute approximate surface area is 84.3 Å². The molecule has 1 atom stereocenters. The average Bonchev–Trinajstić information content (AvgIpc) is 2.67. The highest BCUT2D eigenvalue weighted by Crippen LogP contribution is 2.14. The second kappa shape index (κ2) is 4.46. The molecule has 1 aliphatic heterocycles. The lowest BCUT2D eigenvalue weighted by Crippen LogP contribution is -2.37. The summed E-state index contributed by atoms with van der Waals surface area (Å²) in [5, 5.41) is 7.50. The molecule has 0 aliphatic carbocycles. The van der Waals surface area contributed by atoms with E-state index in [2.05, 4.69) is 17.3 Å². The molecule has 0 radical (unpaired) electrons. The highest BCUT2D eigenvalue weighted by molar-refractivity contribution is 5.08. The molecule has 0 amide bonds. The Morgan fingerprint density at radius 1 is 1.71 bits per heavy atom. The van der Waals surface area contributed by atoms with Gasteiger partial charge >= 0.3 is 0 Å². The zero-order chi connectivity index (χ0) is 9.80. The van der Waals surface area contributed by atoms with Crippen LogP contribution in [0.3, 0.4) is 0 Å². The van der Waals surface area contributed by atoms with Crippen molar-refractivity contribution in [3.05, 3.63) is 12.3 Å². The van der Waals surface area contributed by atoms with Gasteiger partial charge in [-0.2, -0.15) is 5.10 Å². The van der Waals surface area contributed by atoms with Gasteiger partial charge in [-0.1, -0.05) is 0 Å². The van der Waals surface area contributed by atoms with Crippen molar-refractivity contribution < 1.29 is 4.74 Å². The number of aromatic nitrogens is 2. The van der Waals surface area contributed by atoms with Crippen LogP contribution >= 0.6 is 0 Å². The van der Waals surface area contributed by atoms with Gasteiger partial charge in [0.2, 0.25) is 5.88 Å². The number of hydrogen-bond acceptors (Lipinski definition) is 3. The monoisotopic (exact) mass is 195 g/mol. The van der Waals surface area contributed by atoms with Crippen molar-refractivity contribution in [2.45, 2.75) is 32.4 Å². The predicted octanol–water partition coefficient (Wildman–Crippen LogP) is 1.03. The standard InChI is InChI=1S/C10H17N3O/c1-2-13-10(5-7-12-13)14-9-4-3-6-11-8-9/h5,7,9,11H,2-4,6,8H2,1H3. The van der Waals surface area contributed by atoms with Crippen LogP contribution in [-0.4, -0.2) is 29.0 Å². The maximum atomic E-state index is 5.86. The van der Waals surface area contributed by atoms with Gasteiger partial charge in [-0.25, -0.2) is 4.68 Å². The Bertz CT molecular complexity index is 279. The molecule has 1 aromatic rings. The molecule has 0 saturated carbocycles. The van der Waals surface area contributed by atoms with Gasteiger partial charge in [0, 0.05) is 19.2 Å². The average molecular weight is 195 g/mol. The van der Waals surface area contributed by atoms with Crippen LogP contribution in [0.2, 0.25) is 0 Å². The fraction of sp³-hybridized carbons (Fsp3) is 0.700. The summed E-state index contributed by atoms with van der Waals surface area (Å²) in [4.78, 5) is 0. The molecule has 14 heavy (non-hydrogen) atoms. The zero-order valence-corrected chi connectivity index (χ0v) is 8.57. The van der Waals surface area contributed by atoms with Crippen LogP contribution < -0.4 is 10.1 Å². The topological polar surface area (TPSA) is 39.1 Å². The van der Waals surface area contributed by atoms with E-state index in [-0.39, 0.29) is 0 Å². The summed E-state index contributed by atoms with van der Waals surface area (Å²) >= 11 is 0. The van der Waals surface area contributed by atoms with Crippen molar-refractivity contribution in [2.75, 3.05) is 13.1 Å². The van der Waals surface area contributed by atoms with E-state index in [1.54, 1.807) is 6.20 Å². The maximum absolute atomic E-state index is 5.86.